The standard InChI is InChI=1S/C26H44N2O4S2/c29-23(21-7-15-31-19-25(21)9-3-1-4-10-25)27-13-17-33-34-18-14-28-24(30)22-8-16-32-20-26(22)11-5-2-6-12-26/h21-22H,1-20H2,(H,27,29)(H,28,30). The smallest absolute Gasteiger partial charge is 0.223 e. The lowest BCUT2D eigenvalue weighted by Gasteiger charge is -2.45. The van der Waals surface area contributed by atoms with Gasteiger partial charge in [0.25, 0.3) is 0 Å². The molecule has 2 aliphatic heterocycles. The highest BCUT2D eigenvalue weighted by Crippen LogP contribution is 2.47. The first-order valence-electron chi connectivity index (χ1n) is 13.6. The highest BCUT2D eigenvalue weighted by molar-refractivity contribution is 8.76. The number of nitrogens with one attached hydrogen (secondary N) is 2. The molecule has 194 valence electrons. The largest absolute Gasteiger partial charge is 0.381 e. The van der Waals surface area contributed by atoms with E-state index in [1.54, 1.807) is 21.6 Å². The fraction of sp³-hybridized carbons (Fsp3) is 0.923. The van der Waals surface area contributed by atoms with Crippen molar-refractivity contribution < 1.29 is 19.1 Å². The van der Waals surface area contributed by atoms with Crippen molar-refractivity contribution in [2.75, 3.05) is 51.0 Å². The van der Waals surface area contributed by atoms with Crippen LogP contribution < -0.4 is 10.6 Å². The van der Waals surface area contributed by atoms with E-state index in [0.717, 1.165) is 63.2 Å². The average Bonchev–Trinajstić information content (AvgIpc) is 2.87. The summed E-state index contributed by atoms with van der Waals surface area (Å²) in [6.45, 7) is 4.37. The summed E-state index contributed by atoms with van der Waals surface area (Å²) in [5.41, 5.74) is 0.169. The summed E-state index contributed by atoms with van der Waals surface area (Å²) in [4.78, 5) is 25.8. The molecule has 2 saturated carbocycles. The van der Waals surface area contributed by atoms with Gasteiger partial charge in [0.15, 0.2) is 0 Å². The summed E-state index contributed by atoms with van der Waals surface area (Å²) >= 11 is 0. The molecule has 0 aromatic rings. The van der Waals surface area contributed by atoms with Crippen LogP contribution in [0.4, 0.5) is 0 Å². The average molecular weight is 513 g/mol. The molecule has 6 nitrogen and oxygen atoms in total. The van der Waals surface area contributed by atoms with E-state index in [9.17, 15) is 9.59 Å². The van der Waals surface area contributed by atoms with Gasteiger partial charge < -0.3 is 20.1 Å². The van der Waals surface area contributed by atoms with Gasteiger partial charge in [-0.15, -0.1) is 0 Å². The fourth-order valence-electron chi connectivity index (χ4n) is 6.88. The Morgan fingerprint density at radius 2 is 1.09 bits per heavy atom. The zero-order chi connectivity index (χ0) is 23.7. The highest BCUT2D eigenvalue weighted by atomic mass is 33.1. The Balaban J connectivity index is 1.08. The fourth-order valence-corrected chi connectivity index (χ4v) is 8.69. The van der Waals surface area contributed by atoms with Crippen molar-refractivity contribution >= 4 is 33.4 Å². The van der Waals surface area contributed by atoms with Gasteiger partial charge in [-0.3, -0.25) is 9.59 Å². The highest BCUT2D eigenvalue weighted by Gasteiger charge is 2.46. The van der Waals surface area contributed by atoms with E-state index in [0.29, 0.717) is 26.3 Å². The second-order valence-corrected chi connectivity index (χ2v) is 13.6. The third kappa shape index (κ3) is 6.65. The second kappa shape index (κ2) is 13.2. The van der Waals surface area contributed by atoms with E-state index in [4.69, 9.17) is 9.47 Å². The molecule has 8 heteroatoms. The topological polar surface area (TPSA) is 76.7 Å². The summed E-state index contributed by atoms with van der Waals surface area (Å²) < 4.78 is 11.6. The van der Waals surface area contributed by atoms with Gasteiger partial charge in [0.2, 0.25) is 11.8 Å². The summed E-state index contributed by atoms with van der Waals surface area (Å²) in [6.07, 6.45) is 13.8. The summed E-state index contributed by atoms with van der Waals surface area (Å²) in [6, 6.07) is 0. The quantitative estimate of drug-likeness (QED) is 0.348. The van der Waals surface area contributed by atoms with Crippen LogP contribution in [0.15, 0.2) is 0 Å². The molecule has 0 aromatic heterocycles. The first kappa shape index (κ1) is 26.6. The Morgan fingerprint density at radius 3 is 1.50 bits per heavy atom. The van der Waals surface area contributed by atoms with Crippen LogP contribution in [0.2, 0.25) is 0 Å². The molecule has 34 heavy (non-hydrogen) atoms. The molecule has 2 heterocycles. The van der Waals surface area contributed by atoms with Crippen LogP contribution in [0.5, 0.6) is 0 Å². The van der Waals surface area contributed by atoms with Gasteiger partial charge in [0, 0.05) is 60.5 Å². The van der Waals surface area contributed by atoms with Crippen LogP contribution in [-0.4, -0.2) is 62.8 Å². The molecule has 2 amide bonds. The lowest BCUT2D eigenvalue weighted by molar-refractivity contribution is -0.142. The van der Waals surface area contributed by atoms with Crippen molar-refractivity contribution in [2.45, 2.75) is 77.0 Å². The number of hydrogen-bond donors (Lipinski definition) is 2. The van der Waals surface area contributed by atoms with Gasteiger partial charge in [-0.25, -0.2) is 0 Å². The van der Waals surface area contributed by atoms with Gasteiger partial charge in [-0.2, -0.15) is 0 Å². The Labute approximate surface area is 213 Å². The lowest BCUT2D eigenvalue weighted by atomic mass is 9.64. The van der Waals surface area contributed by atoms with Crippen LogP contribution in [0.25, 0.3) is 0 Å². The number of amides is 2. The predicted molar refractivity (Wildman–Crippen MR) is 140 cm³/mol. The Kier molecular flexibility index (Phi) is 10.3. The molecule has 2 aliphatic carbocycles. The van der Waals surface area contributed by atoms with Gasteiger partial charge in [0.1, 0.15) is 0 Å². The minimum absolute atomic E-state index is 0.0847. The van der Waals surface area contributed by atoms with E-state index < -0.39 is 0 Å². The number of carbonyl (C=O) groups is 2. The van der Waals surface area contributed by atoms with E-state index >= 15 is 0 Å². The summed E-state index contributed by atoms with van der Waals surface area (Å²) in [5, 5.41) is 6.40. The van der Waals surface area contributed by atoms with Crippen molar-refractivity contribution in [3.63, 3.8) is 0 Å². The molecule has 0 radical (unpaired) electrons. The van der Waals surface area contributed by atoms with Crippen molar-refractivity contribution in [3.05, 3.63) is 0 Å². The van der Waals surface area contributed by atoms with E-state index in [1.165, 1.54) is 38.5 Å². The predicted octanol–water partition coefficient (Wildman–Crippen LogP) is 4.57. The van der Waals surface area contributed by atoms with Crippen LogP contribution in [-0.2, 0) is 19.1 Å². The Hall–Kier alpha value is -0.440. The normalized spacial score (nSPS) is 28.5. The molecule has 4 aliphatic rings. The third-order valence-corrected chi connectivity index (χ3v) is 11.2. The minimum Gasteiger partial charge on any atom is -0.381 e. The molecule has 2 atom stereocenters. The van der Waals surface area contributed by atoms with E-state index in [-0.39, 0.29) is 34.5 Å². The van der Waals surface area contributed by atoms with Crippen LogP contribution in [0.1, 0.15) is 77.0 Å². The van der Waals surface area contributed by atoms with Crippen molar-refractivity contribution in [1.29, 1.82) is 0 Å². The number of ether oxygens (including phenoxy) is 2. The van der Waals surface area contributed by atoms with Gasteiger partial charge >= 0.3 is 0 Å². The molecule has 4 fully saturated rings. The number of rotatable bonds is 9. The molecule has 0 aromatic carbocycles. The Bertz CT molecular complexity index is 593. The van der Waals surface area contributed by atoms with Gasteiger partial charge in [-0.05, 0) is 38.5 Å². The van der Waals surface area contributed by atoms with Crippen molar-refractivity contribution in [3.8, 4) is 0 Å². The van der Waals surface area contributed by atoms with Crippen LogP contribution in [0, 0.1) is 22.7 Å². The molecule has 4 rings (SSSR count). The van der Waals surface area contributed by atoms with E-state index in [2.05, 4.69) is 10.6 Å². The summed E-state index contributed by atoms with van der Waals surface area (Å²) in [5.74, 6) is 2.49. The maximum Gasteiger partial charge on any atom is 0.223 e. The first-order valence-corrected chi connectivity index (χ1v) is 16.1. The second-order valence-electron chi connectivity index (χ2n) is 10.9. The van der Waals surface area contributed by atoms with Crippen LogP contribution in [0.3, 0.4) is 0 Å². The van der Waals surface area contributed by atoms with Crippen molar-refractivity contribution in [1.82, 2.24) is 10.6 Å². The zero-order valence-electron chi connectivity index (χ0n) is 20.7. The van der Waals surface area contributed by atoms with Crippen molar-refractivity contribution in [2.24, 2.45) is 22.7 Å². The maximum absolute atomic E-state index is 12.9. The lowest BCUT2D eigenvalue weighted by Crippen LogP contribution is -2.49. The molecule has 0 bridgehead atoms. The van der Waals surface area contributed by atoms with Crippen LogP contribution >= 0.6 is 21.6 Å². The third-order valence-electron chi connectivity index (χ3n) is 8.74. The van der Waals surface area contributed by atoms with Gasteiger partial charge in [0.05, 0.1) is 13.2 Å². The molecule has 2 unspecified atom stereocenters. The number of hydrogen-bond acceptors (Lipinski definition) is 6. The maximum atomic E-state index is 12.9. The molecule has 2 saturated heterocycles. The SMILES string of the molecule is O=C(NCCSSCCNC(=O)C1CCOCC12CCCCC2)C1CCOCC12CCCCC2. The molecule has 2 spiro atoms. The molecule has 2 N–H and O–H groups in total. The zero-order valence-corrected chi connectivity index (χ0v) is 22.4. The molecular weight excluding hydrogens is 468 g/mol. The van der Waals surface area contributed by atoms with E-state index in [1.807, 2.05) is 0 Å². The number of carbonyl (C=O) groups excluding carboxylic acids is 2. The monoisotopic (exact) mass is 512 g/mol. The first-order chi connectivity index (χ1) is 16.7. The summed E-state index contributed by atoms with van der Waals surface area (Å²) in [7, 11) is 3.57. The van der Waals surface area contributed by atoms with Gasteiger partial charge in [-0.1, -0.05) is 60.1 Å². The minimum atomic E-state index is 0.0847. The molecular formula is C26H44N2O4S2. The Morgan fingerprint density at radius 1 is 0.676 bits per heavy atom.